The van der Waals surface area contributed by atoms with E-state index in [9.17, 15) is 10.2 Å². The fourth-order valence-corrected chi connectivity index (χ4v) is 4.55. The molecule has 7 nitrogen and oxygen atoms in total. The number of halogens is 2. The van der Waals surface area contributed by atoms with Crippen LogP contribution in [0.4, 0.5) is 0 Å². The molecule has 1 aromatic heterocycles. The molecule has 0 aliphatic carbocycles. The smallest absolute Gasteiger partial charge is 0.197 e. The normalized spacial score (nSPS) is 35.6. The van der Waals surface area contributed by atoms with E-state index in [1.54, 1.807) is 16.7 Å². The van der Waals surface area contributed by atoms with E-state index in [1.165, 1.54) is 6.33 Å². The molecule has 6 unspecified atom stereocenters. The Kier molecular flexibility index (Phi) is 4.47. The van der Waals surface area contributed by atoms with E-state index in [0.717, 1.165) is 11.7 Å². The molecule has 6 atom stereocenters. The first-order valence-electron chi connectivity index (χ1n) is 6.62. The summed E-state index contributed by atoms with van der Waals surface area (Å²) in [6, 6.07) is 3.30. The van der Waals surface area contributed by atoms with Crippen LogP contribution in [-0.4, -0.2) is 44.4 Å². The van der Waals surface area contributed by atoms with Gasteiger partial charge in [0.15, 0.2) is 12.5 Å². The molecule has 0 spiro atoms. The van der Waals surface area contributed by atoms with Crippen LogP contribution in [0.5, 0.6) is 0 Å². The lowest BCUT2D eigenvalue weighted by molar-refractivity contribution is -0.141. The van der Waals surface area contributed by atoms with Crippen LogP contribution in [0.1, 0.15) is 6.23 Å². The van der Waals surface area contributed by atoms with E-state index in [2.05, 4.69) is 4.98 Å². The molecule has 2 saturated heterocycles. The van der Waals surface area contributed by atoms with Crippen molar-refractivity contribution in [1.82, 2.24) is 9.55 Å². The maximum Gasteiger partial charge on any atom is 0.197 e. The van der Waals surface area contributed by atoms with Crippen LogP contribution in [0, 0.1) is 0 Å². The van der Waals surface area contributed by atoms with Crippen molar-refractivity contribution < 1.29 is 23.7 Å². The second-order valence-electron chi connectivity index (χ2n) is 5.12. The van der Waals surface area contributed by atoms with Gasteiger partial charge in [-0.2, -0.15) is 0 Å². The summed E-state index contributed by atoms with van der Waals surface area (Å²) in [7, 11) is -0.0567. The molecule has 0 radical (unpaired) electrons. The highest BCUT2D eigenvalue weighted by molar-refractivity contribution is 8.45. The fraction of sp³-hybridized carbons (Fsp3) is 0.417. The van der Waals surface area contributed by atoms with Gasteiger partial charge in [-0.25, -0.2) is 4.98 Å². The Morgan fingerprint density at radius 2 is 2.00 bits per heavy atom. The fourth-order valence-electron chi connectivity index (χ4n) is 2.70. The van der Waals surface area contributed by atoms with Gasteiger partial charge in [0.2, 0.25) is 0 Å². The Morgan fingerprint density at radius 1 is 1.22 bits per heavy atom. The van der Waals surface area contributed by atoms with Gasteiger partial charge in [0.25, 0.3) is 0 Å². The van der Waals surface area contributed by atoms with Crippen molar-refractivity contribution in [2.45, 2.75) is 30.8 Å². The largest absolute Gasteiger partial charge is 0.386 e. The molecule has 1 aromatic carbocycles. The van der Waals surface area contributed by atoms with Crippen LogP contribution in [0.2, 0.25) is 10.0 Å². The highest BCUT2D eigenvalue weighted by atomic mass is 35.5. The topological polar surface area (TPSA) is 86.0 Å². The van der Waals surface area contributed by atoms with Gasteiger partial charge in [0, 0.05) is 11.7 Å². The molecule has 124 valence electrons. The zero-order valence-corrected chi connectivity index (χ0v) is 14.6. The number of nitrogens with zero attached hydrogens (tertiary/aromatic N) is 2. The number of aliphatic hydroxyl groups is 2. The van der Waals surface area contributed by atoms with Crippen molar-refractivity contribution >= 4 is 53.9 Å². The highest BCUT2D eigenvalue weighted by Gasteiger charge is 2.50. The van der Waals surface area contributed by atoms with E-state index < -0.39 is 30.8 Å². The van der Waals surface area contributed by atoms with Crippen molar-refractivity contribution in [1.29, 1.82) is 0 Å². The minimum Gasteiger partial charge on any atom is -0.386 e. The molecular formula is C12H11Cl2N2O5PS. The summed E-state index contributed by atoms with van der Waals surface area (Å²) in [6.07, 6.45) is -2.91. The molecule has 23 heavy (non-hydrogen) atoms. The molecule has 0 saturated carbocycles. The SMILES string of the molecule is OC1OSPOC2C(O)C(n3cnc4cc(Cl)c(Cl)cc43)OC12. The molecule has 11 heteroatoms. The molecule has 2 aromatic rings. The Morgan fingerprint density at radius 3 is 2.83 bits per heavy atom. The summed E-state index contributed by atoms with van der Waals surface area (Å²) in [4.78, 5) is 4.25. The lowest BCUT2D eigenvalue weighted by Gasteiger charge is -2.18. The summed E-state index contributed by atoms with van der Waals surface area (Å²) in [5.41, 5.74) is 1.28. The number of ether oxygens (including phenoxy) is 1. The van der Waals surface area contributed by atoms with Gasteiger partial charge in [0.05, 0.1) is 27.4 Å². The molecule has 4 rings (SSSR count). The van der Waals surface area contributed by atoms with Gasteiger partial charge in [0.1, 0.15) is 26.3 Å². The molecular weight excluding hydrogens is 386 g/mol. The van der Waals surface area contributed by atoms with Crippen LogP contribution in [0.3, 0.4) is 0 Å². The quantitative estimate of drug-likeness (QED) is 0.565. The van der Waals surface area contributed by atoms with Gasteiger partial charge in [-0.05, 0) is 12.1 Å². The Bertz CT molecular complexity index is 750. The van der Waals surface area contributed by atoms with E-state index in [0.29, 0.717) is 21.1 Å². The van der Waals surface area contributed by atoms with Crippen molar-refractivity contribution in [3.05, 3.63) is 28.5 Å². The monoisotopic (exact) mass is 396 g/mol. The number of imidazole rings is 1. The van der Waals surface area contributed by atoms with Crippen LogP contribution in [0.25, 0.3) is 11.0 Å². The molecule has 2 fully saturated rings. The number of rotatable bonds is 1. The third kappa shape index (κ3) is 2.76. The zero-order valence-electron chi connectivity index (χ0n) is 11.3. The van der Waals surface area contributed by atoms with Crippen LogP contribution in [-0.2, 0) is 13.4 Å². The lowest BCUT2D eigenvalue weighted by atomic mass is 10.1. The number of aliphatic hydroxyl groups excluding tert-OH is 2. The first-order valence-corrected chi connectivity index (χ1v) is 9.75. The number of aromatic nitrogens is 2. The second kappa shape index (κ2) is 6.29. The third-order valence-corrected chi connectivity index (χ3v) is 6.02. The molecule has 0 bridgehead atoms. The molecule has 2 N–H and O–H groups in total. The molecule has 3 heterocycles. The third-order valence-electron chi connectivity index (χ3n) is 3.79. The van der Waals surface area contributed by atoms with E-state index in [1.807, 2.05) is 0 Å². The Labute approximate surface area is 146 Å². The number of fused-ring (bicyclic) bond motifs is 2. The van der Waals surface area contributed by atoms with Gasteiger partial charge >= 0.3 is 0 Å². The number of hydrogen-bond donors (Lipinski definition) is 2. The Balaban J connectivity index is 1.72. The second-order valence-corrected chi connectivity index (χ2v) is 7.70. The molecule has 0 amide bonds. The standard InChI is InChI=1S/C12H11Cl2N2O5PS/c13-4-1-6-7(2-5(4)14)16(3-15-6)11-8(17)9-10(19-11)12(18)21-23-22-20-9/h1-3,8-12,17-18,22H. The average Bonchev–Trinajstić information content (AvgIpc) is 2.99. The predicted octanol–water partition coefficient (Wildman–Crippen LogP) is 2.49. The highest BCUT2D eigenvalue weighted by Crippen LogP contribution is 2.46. The first kappa shape index (κ1) is 16.3. The van der Waals surface area contributed by atoms with Gasteiger partial charge in [-0.1, -0.05) is 23.2 Å². The van der Waals surface area contributed by atoms with E-state index in [-0.39, 0.29) is 8.01 Å². The summed E-state index contributed by atoms with van der Waals surface area (Å²) in [5.74, 6) is 0. The van der Waals surface area contributed by atoms with Gasteiger partial charge < -0.3 is 24.0 Å². The Hall–Kier alpha value is -0.150. The van der Waals surface area contributed by atoms with Crippen molar-refractivity contribution in [3.63, 3.8) is 0 Å². The molecule has 2 aliphatic heterocycles. The minimum absolute atomic E-state index is 0.0567. The number of hydrogen-bond acceptors (Lipinski definition) is 7. The van der Waals surface area contributed by atoms with Crippen molar-refractivity contribution in [2.24, 2.45) is 0 Å². The summed E-state index contributed by atoms with van der Waals surface area (Å²) < 4.78 is 18.1. The number of benzene rings is 1. The van der Waals surface area contributed by atoms with Gasteiger partial charge in [-0.15, -0.1) is 0 Å². The zero-order chi connectivity index (χ0) is 16.1. The van der Waals surface area contributed by atoms with Crippen LogP contribution < -0.4 is 0 Å². The van der Waals surface area contributed by atoms with E-state index >= 15 is 0 Å². The van der Waals surface area contributed by atoms with Gasteiger partial charge in [-0.3, -0.25) is 4.18 Å². The van der Waals surface area contributed by atoms with E-state index in [4.69, 9.17) is 36.6 Å². The van der Waals surface area contributed by atoms with Crippen molar-refractivity contribution in [3.8, 4) is 0 Å². The summed E-state index contributed by atoms with van der Waals surface area (Å²) in [5, 5.41) is 21.3. The minimum atomic E-state index is -1.19. The molecule has 2 aliphatic rings. The van der Waals surface area contributed by atoms with Crippen LogP contribution in [0.15, 0.2) is 18.5 Å². The summed E-state index contributed by atoms with van der Waals surface area (Å²) >= 11 is 13.1. The summed E-state index contributed by atoms with van der Waals surface area (Å²) in [6.45, 7) is 0. The van der Waals surface area contributed by atoms with Crippen molar-refractivity contribution in [2.75, 3.05) is 0 Å². The maximum absolute atomic E-state index is 10.6. The average molecular weight is 397 g/mol. The maximum atomic E-state index is 10.6. The predicted molar refractivity (Wildman–Crippen MR) is 87.5 cm³/mol. The van der Waals surface area contributed by atoms with Crippen LogP contribution >= 0.6 is 42.9 Å². The first-order chi connectivity index (χ1) is 11.1. The lowest BCUT2D eigenvalue weighted by Crippen LogP contribution is -2.38.